The van der Waals surface area contributed by atoms with Crippen molar-refractivity contribution in [1.29, 1.82) is 0 Å². The number of para-hydroxylation sites is 1. The Kier molecular flexibility index (Phi) is 5.46. The molecule has 2 aromatic rings. The van der Waals surface area contributed by atoms with Crippen molar-refractivity contribution in [3.05, 3.63) is 48.0 Å². The Balaban J connectivity index is 2.06. The Bertz CT molecular complexity index is 758. The van der Waals surface area contributed by atoms with E-state index in [-0.39, 0.29) is 11.4 Å². The summed E-state index contributed by atoms with van der Waals surface area (Å²) >= 11 is 0. The lowest BCUT2D eigenvalue weighted by Gasteiger charge is -2.13. The number of sulfonamides is 1. The molecule has 2 aromatic carbocycles. The Labute approximate surface area is 136 Å². The largest absolute Gasteiger partial charge is 0.493 e. The molecular formula is C16H20N2O4S. The Hall–Kier alpha value is -2.25. The smallest absolute Gasteiger partial charge is 0.240 e. The molecule has 7 heteroatoms. The molecule has 0 fully saturated rings. The second-order valence-corrected chi connectivity index (χ2v) is 6.64. The van der Waals surface area contributed by atoms with Crippen LogP contribution in [0.2, 0.25) is 0 Å². The van der Waals surface area contributed by atoms with E-state index in [1.807, 2.05) is 12.1 Å². The molecule has 0 amide bonds. The molecule has 0 aliphatic rings. The topological polar surface area (TPSA) is 90.7 Å². The van der Waals surface area contributed by atoms with Gasteiger partial charge in [-0.25, -0.2) is 13.1 Å². The van der Waals surface area contributed by atoms with Crippen molar-refractivity contribution in [1.82, 2.24) is 4.72 Å². The fraction of sp³-hybridized carbons (Fsp3) is 0.250. The van der Waals surface area contributed by atoms with Gasteiger partial charge in [0.2, 0.25) is 10.0 Å². The average molecular weight is 336 g/mol. The summed E-state index contributed by atoms with van der Waals surface area (Å²) in [4.78, 5) is 0.185. The summed E-state index contributed by atoms with van der Waals surface area (Å²) in [6, 6.07) is 11.6. The van der Waals surface area contributed by atoms with E-state index in [2.05, 4.69) is 4.72 Å². The first-order chi connectivity index (χ1) is 11.0. The van der Waals surface area contributed by atoms with E-state index in [4.69, 9.17) is 15.2 Å². The predicted octanol–water partition coefficient (Wildman–Crippen LogP) is 1.81. The summed E-state index contributed by atoms with van der Waals surface area (Å²) in [5.41, 5.74) is 6.95. The Morgan fingerprint density at radius 1 is 1.04 bits per heavy atom. The monoisotopic (exact) mass is 336 g/mol. The maximum Gasteiger partial charge on any atom is 0.240 e. The quantitative estimate of drug-likeness (QED) is 0.753. The van der Waals surface area contributed by atoms with E-state index in [0.717, 1.165) is 5.56 Å². The molecule has 0 bridgehead atoms. The van der Waals surface area contributed by atoms with Crippen LogP contribution in [0, 0.1) is 0 Å². The van der Waals surface area contributed by atoms with Crippen molar-refractivity contribution >= 4 is 15.7 Å². The van der Waals surface area contributed by atoms with Crippen LogP contribution in [0.5, 0.6) is 11.5 Å². The highest BCUT2D eigenvalue weighted by Gasteiger charge is 2.14. The maximum absolute atomic E-state index is 12.2. The number of rotatable bonds is 7. The molecule has 0 aliphatic carbocycles. The summed E-state index contributed by atoms with van der Waals surface area (Å²) in [6.45, 7) is 0.246. The number of benzene rings is 2. The molecule has 0 atom stereocenters. The molecule has 0 saturated carbocycles. The van der Waals surface area contributed by atoms with Crippen molar-refractivity contribution in [2.45, 2.75) is 11.3 Å². The number of ether oxygens (including phenoxy) is 2. The van der Waals surface area contributed by atoms with Crippen LogP contribution in [0.4, 0.5) is 5.69 Å². The molecule has 0 heterocycles. The SMILES string of the molecule is COc1cccc(CCNS(=O)(=O)c2ccc(N)cc2)c1OC. The number of nitrogen functional groups attached to an aromatic ring is 1. The molecule has 0 aromatic heterocycles. The summed E-state index contributed by atoms with van der Waals surface area (Å²) in [5, 5.41) is 0. The highest BCUT2D eigenvalue weighted by atomic mass is 32.2. The van der Waals surface area contributed by atoms with Crippen molar-refractivity contribution in [3.8, 4) is 11.5 Å². The first kappa shape index (κ1) is 17.1. The molecule has 0 aliphatic heterocycles. The van der Waals surface area contributed by atoms with Gasteiger partial charge in [0.15, 0.2) is 11.5 Å². The summed E-state index contributed by atoms with van der Waals surface area (Å²) in [7, 11) is -0.444. The van der Waals surface area contributed by atoms with Gasteiger partial charge in [0, 0.05) is 12.2 Å². The summed E-state index contributed by atoms with van der Waals surface area (Å²) in [5.74, 6) is 1.23. The normalized spacial score (nSPS) is 11.2. The van der Waals surface area contributed by atoms with Crippen molar-refractivity contribution in [2.75, 3.05) is 26.5 Å². The molecule has 2 rings (SSSR count). The van der Waals surface area contributed by atoms with Crippen LogP contribution in [-0.2, 0) is 16.4 Å². The highest BCUT2D eigenvalue weighted by Crippen LogP contribution is 2.30. The lowest BCUT2D eigenvalue weighted by Crippen LogP contribution is -2.26. The number of anilines is 1. The van der Waals surface area contributed by atoms with Gasteiger partial charge in [-0.05, 0) is 42.3 Å². The summed E-state index contributed by atoms with van der Waals surface area (Å²) in [6.07, 6.45) is 0.481. The van der Waals surface area contributed by atoms with E-state index in [9.17, 15) is 8.42 Å². The predicted molar refractivity (Wildman–Crippen MR) is 89.3 cm³/mol. The molecule has 124 valence electrons. The lowest BCUT2D eigenvalue weighted by molar-refractivity contribution is 0.351. The number of hydrogen-bond acceptors (Lipinski definition) is 5. The van der Waals surface area contributed by atoms with Gasteiger partial charge in [0.05, 0.1) is 19.1 Å². The molecular weight excluding hydrogens is 316 g/mol. The fourth-order valence-electron chi connectivity index (χ4n) is 2.20. The first-order valence-corrected chi connectivity index (χ1v) is 8.51. The van der Waals surface area contributed by atoms with Gasteiger partial charge >= 0.3 is 0 Å². The van der Waals surface area contributed by atoms with Crippen LogP contribution in [0.3, 0.4) is 0 Å². The van der Waals surface area contributed by atoms with Crippen molar-refractivity contribution < 1.29 is 17.9 Å². The maximum atomic E-state index is 12.2. The molecule has 6 nitrogen and oxygen atoms in total. The standard InChI is InChI=1S/C16H20N2O4S/c1-21-15-5-3-4-12(16(15)22-2)10-11-18-23(19,20)14-8-6-13(17)7-9-14/h3-9,18H,10-11,17H2,1-2H3. The summed E-state index contributed by atoms with van der Waals surface area (Å²) < 4.78 is 37.5. The second-order valence-electron chi connectivity index (χ2n) is 4.87. The van der Waals surface area contributed by atoms with Crippen LogP contribution < -0.4 is 19.9 Å². The third-order valence-electron chi connectivity index (χ3n) is 3.36. The average Bonchev–Trinajstić information content (AvgIpc) is 2.54. The van der Waals surface area contributed by atoms with Crippen LogP contribution in [0.15, 0.2) is 47.4 Å². The van der Waals surface area contributed by atoms with Gasteiger partial charge < -0.3 is 15.2 Å². The van der Waals surface area contributed by atoms with E-state index < -0.39 is 10.0 Å². The Morgan fingerprint density at radius 3 is 2.35 bits per heavy atom. The van der Waals surface area contributed by atoms with Crippen LogP contribution in [0.25, 0.3) is 0 Å². The number of nitrogens with two attached hydrogens (primary N) is 1. The van der Waals surface area contributed by atoms with Gasteiger partial charge in [0.25, 0.3) is 0 Å². The van der Waals surface area contributed by atoms with Gasteiger partial charge in [-0.3, -0.25) is 0 Å². The molecule has 0 spiro atoms. The van der Waals surface area contributed by atoms with Crippen LogP contribution in [0.1, 0.15) is 5.56 Å². The minimum atomic E-state index is -3.56. The minimum absolute atomic E-state index is 0.185. The fourth-order valence-corrected chi connectivity index (χ4v) is 3.23. The minimum Gasteiger partial charge on any atom is -0.493 e. The molecule has 0 radical (unpaired) electrons. The van der Waals surface area contributed by atoms with Gasteiger partial charge in [0.1, 0.15) is 0 Å². The lowest BCUT2D eigenvalue weighted by atomic mass is 10.1. The van der Waals surface area contributed by atoms with E-state index in [1.54, 1.807) is 32.4 Å². The number of methoxy groups -OCH3 is 2. The highest BCUT2D eigenvalue weighted by molar-refractivity contribution is 7.89. The third kappa shape index (κ3) is 4.14. The zero-order valence-electron chi connectivity index (χ0n) is 13.1. The third-order valence-corrected chi connectivity index (χ3v) is 4.84. The van der Waals surface area contributed by atoms with Gasteiger partial charge in [-0.2, -0.15) is 0 Å². The zero-order valence-corrected chi connectivity index (χ0v) is 13.9. The number of hydrogen-bond donors (Lipinski definition) is 2. The molecule has 23 heavy (non-hydrogen) atoms. The molecule has 0 saturated heterocycles. The van der Waals surface area contributed by atoms with Crippen LogP contribution >= 0.6 is 0 Å². The van der Waals surface area contributed by atoms with Gasteiger partial charge in [-0.1, -0.05) is 12.1 Å². The molecule has 3 N–H and O–H groups in total. The van der Waals surface area contributed by atoms with Crippen LogP contribution in [-0.4, -0.2) is 29.2 Å². The van der Waals surface area contributed by atoms with Crippen molar-refractivity contribution in [2.24, 2.45) is 0 Å². The van der Waals surface area contributed by atoms with Crippen molar-refractivity contribution in [3.63, 3.8) is 0 Å². The van der Waals surface area contributed by atoms with E-state index >= 15 is 0 Å². The number of nitrogens with one attached hydrogen (secondary N) is 1. The Morgan fingerprint density at radius 2 is 1.74 bits per heavy atom. The first-order valence-electron chi connectivity index (χ1n) is 7.03. The zero-order chi connectivity index (χ0) is 16.9. The van der Waals surface area contributed by atoms with Gasteiger partial charge in [-0.15, -0.1) is 0 Å². The van der Waals surface area contributed by atoms with E-state index in [1.165, 1.54) is 12.1 Å². The molecule has 0 unspecified atom stereocenters. The second kappa shape index (κ2) is 7.34. The van der Waals surface area contributed by atoms with E-state index in [0.29, 0.717) is 23.6 Å².